The number of carbonyl (C=O) groups excluding carboxylic acids is 1. The van der Waals surface area contributed by atoms with Gasteiger partial charge in [-0.05, 0) is 67.7 Å². The first-order valence-corrected chi connectivity index (χ1v) is 11.9. The molecule has 3 aromatic rings. The van der Waals surface area contributed by atoms with Crippen LogP contribution in [-0.4, -0.2) is 21.9 Å². The highest BCUT2D eigenvalue weighted by Crippen LogP contribution is 2.60. The van der Waals surface area contributed by atoms with E-state index in [4.69, 9.17) is 4.42 Å². The van der Waals surface area contributed by atoms with Gasteiger partial charge in [-0.15, -0.1) is 10.2 Å². The zero-order valence-electron chi connectivity index (χ0n) is 16.8. The third kappa shape index (κ3) is 3.22. The average Bonchev–Trinajstić information content (AvgIpc) is 3.22. The number of aromatic nitrogens is 2. The SMILES string of the molecule is O=C(CSc1nnc(C23CC4CC(CC(C4)C2)C3)o1)Nc1cccc2ccccc12. The summed E-state index contributed by atoms with van der Waals surface area (Å²) in [4.78, 5) is 12.5. The molecule has 4 aliphatic rings. The highest BCUT2D eigenvalue weighted by atomic mass is 32.2. The molecule has 4 bridgehead atoms. The number of fused-ring (bicyclic) bond motifs is 1. The number of anilines is 1. The number of hydrogen-bond acceptors (Lipinski definition) is 5. The molecule has 6 heteroatoms. The molecule has 0 radical (unpaired) electrons. The molecular weight excluding hydrogens is 394 g/mol. The minimum absolute atomic E-state index is 0.0640. The molecule has 4 aliphatic carbocycles. The molecule has 4 saturated carbocycles. The lowest BCUT2D eigenvalue weighted by Crippen LogP contribution is -2.48. The van der Waals surface area contributed by atoms with Crippen LogP contribution in [-0.2, 0) is 10.2 Å². The van der Waals surface area contributed by atoms with Gasteiger partial charge in [0.1, 0.15) is 0 Å². The fourth-order valence-corrected chi connectivity index (χ4v) is 7.07. The smallest absolute Gasteiger partial charge is 0.277 e. The second-order valence-corrected chi connectivity index (χ2v) is 10.4. The first-order chi connectivity index (χ1) is 14.7. The van der Waals surface area contributed by atoms with Crippen molar-refractivity contribution in [1.82, 2.24) is 10.2 Å². The molecule has 5 nitrogen and oxygen atoms in total. The fourth-order valence-electron chi connectivity index (χ4n) is 6.50. The monoisotopic (exact) mass is 419 g/mol. The van der Waals surface area contributed by atoms with Crippen LogP contribution in [0.3, 0.4) is 0 Å². The number of benzene rings is 2. The highest BCUT2D eigenvalue weighted by molar-refractivity contribution is 7.99. The van der Waals surface area contributed by atoms with E-state index in [9.17, 15) is 4.79 Å². The van der Waals surface area contributed by atoms with Crippen LogP contribution >= 0.6 is 11.8 Å². The predicted molar refractivity (Wildman–Crippen MR) is 117 cm³/mol. The summed E-state index contributed by atoms with van der Waals surface area (Å²) >= 11 is 1.33. The van der Waals surface area contributed by atoms with Crippen molar-refractivity contribution in [3.05, 3.63) is 48.4 Å². The van der Waals surface area contributed by atoms with Gasteiger partial charge in [-0.1, -0.05) is 48.2 Å². The maximum absolute atomic E-state index is 12.5. The van der Waals surface area contributed by atoms with Gasteiger partial charge in [-0.3, -0.25) is 4.79 Å². The van der Waals surface area contributed by atoms with E-state index in [0.29, 0.717) is 5.22 Å². The number of rotatable bonds is 5. The minimum atomic E-state index is -0.0640. The summed E-state index contributed by atoms with van der Waals surface area (Å²) in [6.07, 6.45) is 7.78. The summed E-state index contributed by atoms with van der Waals surface area (Å²) in [5.41, 5.74) is 0.935. The van der Waals surface area contributed by atoms with Gasteiger partial charge < -0.3 is 9.73 Å². The second kappa shape index (κ2) is 7.12. The van der Waals surface area contributed by atoms with E-state index in [-0.39, 0.29) is 17.1 Å². The fraction of sp³-hybridized carbons (Fsp3) is 0.458. The lowest BCUT2D eigenvalue weighted by molar-refractivity contribution is -0.113. The average molecular weight is 420 g/mol. The Hall–Kier alpha value is -2.34. The largest absolute Gasteiger partial charge is 0.415 e. The molecule has 154 valence electrons. The van der Waals surface area contributed by atoms with Crippen molar-refractivity contribution in [3.8, 4) is 0 Å². The summed E-state index contributed by atoms with van der Waals surface area (Å²) in [6.45, 7) is 0. The molecule has 7 rings (SSSR count). The molecule has 0 saturated heterocycles. The third-order valence-corrected chi connectivity index (χ3v) is 8.11. The zero-order valence-corrected chi connectivity index (χ0v) is 17.7. The maximum atomic E-state index is 12.5. The Morgan fingerprint density at radius 2 is 1.70 bits per heavy atom. The Balaban J connectivity index is 1.12. The molecular formula is C24H25N3O2S. The molecule has 1 N–H and O–H groups in total. The number of amides is 1. The second-order valence-electron chi connectivity index (χ2n) is 9.43. The Bertz CT molecular complexity index is 1070. The lowest BCUT2D eigenvalue weighted by atomic mass is 9.49. The van der Waals surface area contributed by atoms with Crippen LogP contribution in [0.4, 0.5) is 5.69 Å². The molecule has 30 heavy (non-hydrogen) atoms. The third-order valence-electron chi connectivity index (χ3n) is 7.29. The van der Waals surface area contributed by atoms with E-state index < -0.39 is 0 Å². The Labute approximate surface area is 180 Å². The number of thioether (sulfide) groups is 1. The highest BCUT2D eigenvalue weighted by Gasteiger charge is 2.54. The predicted octanol–water partition coefficient (Wildman–Crippen LogP) is 5.42. The molecule has 1 aromatic heterocycles. The van der Waals surface area contributed by atoms with E-state index in [1.165, 1.54) is 50.3 Å². The summed E-state index contributed by atoms with van der Waals surface area (Å²) in [5.74, 6) is 3.53. The normalized spacial score (nSPS) is 29.4. The van der Waals surface area contributed by atoms with Crippen LogP contribution in [0.1, 0.15) is 44.4 Å². The van der Waals surface area contributed by atoms with E-state index >= 15 is 0 Å². The quantitative estimate of drug-likeness (QED) is 0.559. The van der Waals surface area contributed by atoms with Crippen molar-refractivity contribution in [2.24, 2.45) is 17.8 Å². The van der Waals surface area contributed by atoms with Gasteiger partial charge in [-0.2, -0.15) is 0 Å². The van der Waals surface area contributed by atoms with Crippen molar-refractivity contribution in [2.45, 2.75) is 49.2 Å². The van der Waals surface area contributed by atoms with Crippen LogP contribution in [0.15, 0.2) is 52.1 Å². The molecule has 2 aromatic carbocycles. The molecule has 0 atom stereocenters. The lowest BCUT2D eigenvalue weighted by Gasteiger charge is -2.55. The van der Waals surface area contributed by atoms with Gasteiger partial charge in [0.15, 0.2) is 0 Å². The Kier molecular flexibility index (Phi) is 4.37. The van der Waals surface area contributed by atoms with Gasteiger partial charge in [0.05, 0.1) is 5.75 Å². The number of nitrogens with zero attached hydrogens (tertiary/aromatic N) is 2. The molecule has 1 heterocycles. The van der Waals surface area contributed by atoms with Gasteiger partial charge in [0.25, 0.3) is 5.22 Å². The number of hydrogen-bond donors (Lipinski definition) is 1. The van der Waals surface area contributed by atoms with Crippen molar-refractivity contribution in [1.29, 1.82) is 0 Å². The number of carbonyl (C=O) groups is 1. The maximum Gasteiger partial charge on any atom is 0.277 e. The Morgan fingerprint density at radius 1 is 1.00 bits per heavy atom. The van der Waals surface area contributed by atoms with Gasteiger partial charge in [0, 0.05) is 16.5 Å². The molecule has 0 spiro atoms. The van der Waals surface area contributed by atoms with Crippen molar-refractivity contribution in [2.75, 3.05) is 11.1 Å². The van der Waals surface area contributed by atoms with E-state index in [0.717, 1.165) is 40.1 Å². The summed E-state index contributed by atoms with van der Waals surface area (Å²) in [7, 11) is 0. The summed E-state index contributed by atoms with van der Waals surface area (Å²) < 4.78 is 6.10. The van der Waals surface area contributed by atoms with Crippen LogP contribution in [0.5, 0.6) is 0 Å². The van der Waals surface area contributed by atoms with Gasteiger partial charge in [0.2, 0.25) is 11.8 Å². The number of nitrogens with one attached hydrogen (secondary N) is 1. The Morgan fingerprint density at radius 3 is 2.47 bits per heavy atom. The molecule has 1 amide bonds. The first-order valence-electron chi connectivity index (χ1n) is 10.9. The van der Waals surface area contributed by atoms with Gasteiger partial charge in [-0.25, -0.2) is 0 Å². The molecule has 0 aliphatic heterocycles. The van der Waals surface area contributed by atoms with Crippen LogP contribution in [0, 0.1) is 17.8 Å². The standard InChI is InChI=1S/C24H25N3O2S/c28-21(25-20-7-3-5-18-4-1-2-6-19(18)20)14-30-23-27-26-22(29-23)24-11-15-8-16(12-24)10-17(9-15)13-24/h1-7,15-17H,8-14H2,(H,25,28). The minimum Gasteiger partial charge on any atom is -0.415 e. The summed E-state index contributed by atoms with van der Waals surface area (Å²) in [5, 5.41) is 14.4. The topological polar surface area (TPSA) is 68.0 Å². The van der Waals surface area contributed by atoms with Gasteiger partial charge >= 0.3 is 0 Å². The van der Waals surface area contributed by atoms with Crippen molar-refractivity contribution in [3.63, 3.8) is 0 Å². The molecule has 0 unspecified atom stereocenters. The molecule has 4 fully saturated rings. The van der Waals surface area contributed by atoms with Crippen molar-refractivity contribution < 1.29 is 9.21 Å². The van der Waals surface area contributed by atoms with E-state index in [2.05, 4.69) is 15.5 Å². The van der Waals surface area contributed by atoms with Crippen molar-refractivity contribution >= 4 is 34.1 Å². The summed E-state index contributed by atoms with van der Waals surface area (Å²) in [6, 6.07) is 14.0. The van der Waals surface area contributed by atoms with E-state index in [1.54, 1.807) is 0 Å². The van der Waals surface area contributed by atoms with Crippen LogP contribution < -0.4 is 5.32 Å². The zero-order chi connectivity index (χ0) is 20.1. The van der Waals surface area contributed by atoms with Crippen LogP contribution in [0.25, 0.3) is 10.8 Å². The van der Waals surface area contributed by atoms with E-state index in [1.807, 2.05) is 42.5 Å². The van der Waals surface area contributed by atoms with Crippen LogP contribution in [0.2, 0.25) is 0 Å². The first kappa shape index (κ1) is 18.4.